The minimum Gasteiger partial charge on any atom is -0.497 e. The van der Waals surface area contributed by atoms with Crippen molar-refractivity contribution in [1.29, 1.82) is 0 Å². The number of fused-ring (bicyclic) bond motifs is 1. The summed E-state index contributed by atoms with van der Waals surface area (Å²) in [6.45, 7) is 0.490. The molecule has 2 aromatic carbocycles. The van der Waals surface area contributed by atoms with E-state index in [4.69, 9.17) is 14.2 Å². The molecule has 0 radical (unpaired) electrons. The lowest BCUT2D eigenvalue weighted by molar-refractivity contribution is -0.0171. The van der Waals surface area contributed by atoms with Gasteiger partial charge in [-0.05, 0) is 48.5 Å². The zero-order valence-corrected chi connectivity index (χ0v) is 18.0. The van der Waals surface area contributed by atoms with Crippen molar-refractivity contribution in [1.82, 2.24) is 19.7 Å². The van der Waals surface area contributed by atoms with Gasteiger partial charge < -0.3 is 14.2 Å². The molecule has 0 aliphatic carbocycles. The van der Waals surface area contributed by atoms with E-state index in [-0.39, 0.29) is 12.6 Å². The van der Waals surface area contributed by atoms with Gasteiger partial charge in [-0.2, -0.15) is 0 Å². The largest absolute Gasteiger partial charge is 0.497 e. The molecule has 0 N–H and O–H groups in total. The molecular formula is C23H19FN4O3S. The highest BCUT2D eigenvalue weighted by Gasteiger charge is 2.20. The maximum atomic E-state index is 14.2. The van der Waals surface area contributed by atoms with Crippen LogP contribution in [0.15, 0.2) is 66.1 Å². The van der Waals surface area contributed by atoms with Gasteiger partial charge in [0.05, 0.1) is 13.7 Å². The van der Waals surface area contributed by atoms with Gasteiger partial charge in [-0.15, -0.1) is 10.2 Å². The summed E-state index contributed by atoms with van der Waals surface area (Å²) >= 11 is 1.46. The molecule has 1 aliphatic rings. The number of hydrogen-bond acceptors (Lipinski definition) is 7. The minimum absolute atomic E-state index is 0.157. The Morgan fingerprint density at radius 2 is 1.91 bits per heavy atom. The summed E-state index contributed by atoms with van der Waals surface area (Å²) in [5.41, 5.74) is 3.24. The summed E-state index contributed by atoms with van der Waals surface area (Å²) in [6, 6.07) is 14.4. The highest BCUT2D eigenvalue weighted by molar-refractivity contribution is 7.98. The van der Waals surface area contributed by atoms with Crippen LogP contribution in [0.3, 0.4) is 0 Å². The lowest BCUT2D eigenvalue weighted by Gasteiger charge is -2.20. The van der Waals surface area contributed by atoms with E-state index in [1.54, 1.807) is 19.5 Å². The van der Waals surface area contributed by atoms with Crippen LogP contribution in [-0.2, 0) is 17.1 Å². The predicted molar refractivity (Wildman–Crippen MR) is 117 cm³/mol. The van der Waals surface area contributed by atoms with E-state index in [0.29, 0.717) is 34.7 Å². The summed E-state index contributed by atoms with van der Waals surface area (Å²) in [7, 11) is 1.63. The van der Waals surface area contributed by atoms with E-state index < -0.39 is 0 Å². The fourth-order valence-corrected chi connectivity index (χ4v) is 4.44. The molecule has 0 fully saturated rings. The molecule has 32 heavy (non-hydrogen) atoms. The Morgan fingerprint density at radius 1 is 1.09 bits per heavy atom. The first kappa shape index (κ1) is 20.5. The third-order valence-corrected chi connectivity index (χ3v) is 5.99. The van der Waals surface area contributed by atoms with Gasteiger partial charge in [0.1, 0.15) is 17.3 Å². The first-order valence-electron chi connectivity index (χ1n) is 9.88. The van der Waals surface area contributed by atoms with Crippen LogP contribution in [0.1, 0.15) is 11.1 Å². The zero-order valence-electron chi connectivity index (χ0n) is 17.2. The summed E-state index contributed by atoms with van der Waals surface area (Å²) in [5, 5.41) is 9.53. The number of ether oxygens (including phenoxy) is 3. The third kappa shape index (κ3) is 4.04. The molecule has 0 atom stereocenters. The van der Waals surface area contributed by atoms with Crippen LogP contribution in [0.4, 0.5) is 4.39 Å². The molecule has 0 bridgehead atoms. The molecule has 0 unspecified atom stereocenters. The van der Waals surface area contributed by atoms with Crippen LogP contribution in [0.25, 0.3) is 17.1 Å². The van der Waals surface area contributed by atoms with Gasteiger partial charge in [-0.25, -0.2) is 4.39 Å². The van der Waals surface area contributed by atoms with Crippen LogP contribution in [0, 0.1) is 5.82 Å². The summed E-state index contributed by atoms with van der Waals surface area (Å²) in [5.74, 6) is 2.26. The highest BCUT2D eigenvalue weighted by Crippen LogP contribution is 2.35. The van der Waals surface area contributed by atoms with E-state index in [2.05, 4.69) is 15.2 Å². The number of pyridine rings is 1. The Bertz CT molecular complexity index is 1230. The van der Waals surface area contributed by atoms with Crippen LogP contribution in [-0.4, -0.2) is 33.7 Å². The van der Waals surface area contributed by atoms with Crippen LogP contribution >= 0.6 is 11.8 Å². The molecule has 5 rings (SSSR count). The summed E-state index contributed by atoms with van der Waals surface area (Å²) < 4.78 is 32.3. The molecule has 1 aliphatic heterocycles. The molecule has 0 amide bonds. The van der Waals surface area contributed by atoms with Gasteiger partial charge in [0.25, 0.3) is 0 Å². The normalized spacial score (nSPS) is 12.8. The number of benzene rings is 2. The number of nitrogens with zero attached hydrogens (tertiary/aromatic N) is 4. The minimum atomic E-state index is -0.317. The van der Waals surface area contributed by atoms with Crippen molar-refractivity contribution >= 4 is 11.8 Å². The van der Waals surface area contributed by atoms with Gasteiger partial charge >= 0.3 is 0 Å². The van der Waals surface area contributed by atoms with Crippen molar-refractivity contribution in [2.75, 3.05) is 13.9 Å². The van der Waals surface area contributed by atoms with Crippen molar-refractivity contribution in [3.05, 3.63) is 77.9 Å². The second kappa shape index (κ2) is 8.97. The Kier molecular flexibility index (Phi) is 5.74. The fraction of sp³-hybridized carbons (Fsp3) is 0.174. The molecule has 4 aromatic rings. The Hall–Kier alpha value is -3.43. The van der Waals surface area contributed by atoms with Crippen LogP contribution in [0.5, 0.6) is 11.5 Å². The SMILES string of the molecule is COc1ccc(-n2c(SCc3cc(F)cc4c3OCOC4)nnc2-c2ccncc2)cc1. The molecule has 162 valence electrons. The molecule has 0 saturated heterocycles. The van der Waals surface area contributed by atoms with E-state index in [0.717, 1.165) is 22.6 Å². The summed E-state index contributed by atoms with van der Waals surface area (Å²) in [6.07, 6.45) is 3.43. The Balaban J connectivity index is 1.52. The third-order valence-electron chi connectivity index (χ3n) is 5.01. The fourth-order valence-electron chi connectivity index (χ4n) is 3.52. The Labute approximate surface area is 188 Å². The summed E-state index contributed by atoms with van der Waals surface area (Å²) in [4.78, 5) is 4.09. The van der Waals surface area contributed by atoms with E-state index in [1.165, 1.54) is 23.9 Å². The predicted octanol–water partition coefficient (Wildman–Crippen LogP) is 4.64. The second-order valence-corrected chi connectivity index (χ2v) is 7.97. The average molecular weight is 450 g/mol. The number of hydrogen-bond donors (Lipinski definition) is 0. The van der Waals surface area contributed by atoms with Crippen molar-refractivity contribution in [2.45, 2.75) is 17.5 Å². The maximum absolute atomic E-state index is 14.2. The number of halogens is 1. The second-order valence-electron chi connectivity index (χ2n) is 7.03. The average Bonchev–Trinajstić information content (AvgIpc) is 3.27. The topological polar surface area (TPSA) is 71.3 Å². The van der Waals surface area contributed by atoms with Crippen molar-refractivity contribution in [2.24, 2.45) is 0 Å². The molecule has 0 spiro atoms. The first-order valence-corrected chi connectivity index (χ1v) is 10.9. The molecule has 9 heteroatoms. The molecular weight excluding hydrogens is 431 g/mol. The maximum Gasteiger partial charge on any atom is 0.196 e. The lowest BCUT2D eigenvalue weighted by Crippen LogP contribution is -2.13. The monoisotopic (exact) mass is 450 g/mol. The van der Waals surface area contributed by atoms with Crippen LogP contribution in [0.2, 0.25) is 0 Å². The standard InChI is InChI=1S/C23H19FN4O3S/c1-29-20-4-2-19(3-5-20)28-22(15-6-8-25-9-7-15)26-27-23(28)32-13-17-11-18(24)10-16-12-30-14-31-21(16)17/h2-11H,12-14H2,1H3. The lowest BCUT2D eigenvalue weighted by atomic mass is 10.1. The number of aromatic nitrogens is 4. The molecule has 0 saturated carbocycles. The first-order chi connectivity index (χ1) is 15.7. The van der Waals surface area contributed by atoms with E-state index >= 15 is 0 Å². The van der Waals surface area contributed by atoms with Gasteiger partial charge in [-0.3, -0.25) is 9.55 Å². The van der Waals surface area contributed by atoms with Crippen molar-refractivity contribution in [3.63, 3.8) is 0 Å². The van der Waals surface area contributed by atoms with Gasteiger partial charge in [0.15, 0.2) is 17.8 Å². The van der Waals surface area contributed by atoms with E-state index in [9.17, 15) is 4.39 Å². The van der Waals surface area contributed by atoms with E-state index in [1.807, 2.05) is 41.0 Å². The highest BCUT2D eigenvalue weighted by atomic mass is 32.2. The van der Waals surface area contributed by atoms with Gasteiger partial charge in [-0.1, -0.05) is 11.8 Å². The molecule has 2 aromatic heterocycles. The van der Waals surface area contributed by atoms with Crippen LogP contribution < -0.4 is 9.47 Å². The number of rotatable bonds is 6. The van der Waals surface area contributed by atoms with Crippen molar-refractivity contribution in [3.8, 4) is 28.6 Å². The smallest absolute Gasteiger partial charge is 0.196 e. The van der Waals surface area contributed by atoms with Crippen molar-refractivity contribution < 1.29 is 18.6 Å². The Morgan fingerprint density at radius 3 is 2.69 bits per heavy atom. The zero-order chi connectivity index (χ0) is 21.9. The molecule has 3 heterocycles. The number of methoxy groups -OCH3 is 1. The quantitative estimate of drug-likeness (QED) is 0.397. The van der Waals surface area contributed by atoms with Gasteiger partial charge in [0, 0.05) is 40.5 Å². The number of thioether (sulfide) groups is 1. The van der Waals surface area contributed by atoms with Gasteiger partial charge in [0.2, 0.25) is 0 Å². The molecule has 7 nitrogen and oxygen atoms in total.